The predicted molar refractivity (Wildman–Crippen MR) is 75.1 cm³/mol. The van der Waals surface area contributed by atoms with Gasteiger partial charge in [-0.1, -0.05) is 46.5 Å². The van der Waals surface area contributed by atoms with Gasteiger partial charge in [-0.05, 0) is 12.8 Å². The van der Waals surface area contributed by atoms with E-state index in [-0.39, 0.29) is 18.2 Å². The van der Waals surface area contributed by atoms with Gasteiger partial charge in [0.15, 0.2) is 5.78 Å². The summed E-state index contributed by atoms with van der Waals surface area (Å²) in [6.07, 6.45) is 5.49. The van der Waals surface area contributed by atoms with Gasteiger partial charge in [0.2, 0.25) is 0 Å². The summed E-state index contributed by atoms with van der Waals surface area (Å²) in [7, 11) is 0. The Hall–Kier alpha value is -1.39. The van der Waals surface area contributed by atoms with E-state index in [2.05, 4.69) is 5.32 Å². The molecule has 1 heterocycles. The number of carbonyl (C=O) groups is 3. The zero-order valence-corrected chi connectivity index (χ0v) is 12.6. The van der Waals surface area contributed by atoms with Gasteiger partial charge in [-0.15, -0.1) is 0 Å². The third-order valence-electron chi connectivity index (χ3n) is 4.34. The van der Waals surface area contributed by atoms with Crippen molar-refractivity contribution in [3.63, 3.8) is 0 Å². The third-order valence-corrected chi connectivity index (χ3v) is 4.34. The molecule has 1 aliphatic heterocycles. The highest BCUT2D eigenvalue weighted by Crippen LogP contribution is 2.33. The first kappa shape index (κ1) is 15.0. The van der Waals surface area contributed by atoms with Crippen LogP contribution in [0.15, 0.2) is 0 Å². The summed E-state index contributed by atoms with van der Waals surface area (Å²) >= 11 is 0. The molecule has 2 aliphatic rings. The molecule has 5 nitrogen and oxygen atoms in total. The van der Waals surface area contributed by atoms with Crippen LogP contribution in [0.5, 0.6) is 0 Å². The lowest BCUT2D eigenvalue weighted by molar-refractivity contribution is -0.136. The molecule has 2 rings (SSSR count). The Morgan fingerprint density at radius 1 is 1.15 bits per heavy atom. The molecular weight excluding hydrogens is 256 g/mol. The first-order valence-electron chi connectivity index (χ1n) is 7.44. The van der Waals surface area contributed by atoms with E-state index in [0.29, 0.717) is 12.8 Å². The molecule has 20 heavy (non-hydrogen) atoms. The number of ketones is 1. The number of imide groups is 1. The number of carbonyl (C=O) groups excluding carboxylic acids is 3. The van der Waals surface area contributed by atoms with Crippen molar-refractivity contribution in [3.05, 3.63) is 0 Å². The Morgan fingerprint density at radius 3 is 2.20 bits per heavy atom. The monoisotopic (exact) mass is 280 g/mol. The van der Waals surface area contributed by atoms with E-state index in [1.165, 1.54) is 0 Å². The van der Waals surface area contributed by atoms with Crippen molar-refractivity contribution in [2.45, 2.75) is 64.8 Å². The molecule has 0 radical (unpaired) electrons. The molecule has 0 unspecified atom stereocenters. The number of rotatable bonds is 2. The average molecular weight is 280 g/mol. The molecule has 0 aromatic rings. The van der Waals surface area contributed by atoms with E-state index >= 15 is 0 Å². The van der Waals surface area contributed by atoms with Crippen LogP contribution in [0.1, 0.15) is 59.3 Å². The zero-order chi connectivity index (χ0) is 15.0. The second-order valence-electron chi connectivity index (χ2n) is 6.99. The highest BCUT2D eigenvalue weighted by atomic mass is 16.2. The number of hydrogen-bond acceptors (Lipinski definition) is 3. The van der Waals surface area contributed by atoms with E-state index in [9.17, 15) is 14.4 Å². The van der Waals surface area contributed by atoms with Crippen LogP contribution in [0.4, 0.5) is 4.79 Å². The molecule has 0 aromatic carbocycles. The highest BCUT2D eigenvalue weighted by Gasteiger charge is 2.51. The summed E-state index contributed by atoms with van der Waals surface area (Å²) in [6, 6.07) is -0.408. The Labute approximate surface area is 120 Å². The summed E-state index contributed by atoms with van der Waals surface area (Å²) in [4.78, 5) is 37.9. The SMILES string of the molecule is CC(C)(C)C(=O)CN1C(=O)NC2(CCCCCC2)C1=O. The largest absolute Gasteiger partial charge is 0.325 e. The van der Waals surface area contributed by atoms with Gasteiger partial charge in [0.05, 0.1) is 6.54 Å². The number of nitrogens with one attached hydrogen (secondary N) is 1. The minimum Gasteiger partial charge on any atom is -0.323 e. The molecule has 1 spiro atoms. The maximum Gasteiger partial charge on any atom is 0.325 e. The van der Waals surface area contributed by atoms with Crippen molar-refractivity contribution < 1.29 is 14.4 Å². The number of amides is 3. The Bertz CT molecular complexity index is 429. The van der Waals surface area contributed by atoms with Crippen molar-refractivity contribution >= 4 is 17.7 Å². The fourth-order valence-electron chi connectivity index (χ4n) is 2.87. The standard InChI is InChI=1S/C15H24N2O3/c1-14(2,3)11(18)10-17-12(19)15(16-13(17)20)8-6-4-5-7-9-15/h4-10H2,1-3H3,(H,16,20). The van der Waals surface area contributed by atoms with Crippen molar-refractivity contribution in [1.82, 2.24) is 10.2 Å². The lowest BCUT2D eigenvalue weighted by atomic mass is 9.89. The average Bonchev–Trinajstić information content (AvgIpc) is 2.55. The molecule has 3 amide bonds. The molecule has 1 saturated heterocycles. The topological polar surface area (TPSA) is 66.5 Å². The van der Waals surface area contributed by atoms with Crippen LogP contribution in [0, 0.1) is 5.41 Å². The first-order chi connectivity index (χ1) is 9.26. The molecular formula is C15H24N2O3. The zero-order valence-electron chi connectivity index (χ0n) is 12.6. The van der Waals surface area contributed by atoms with E-state index in [1.807, 2.05) is 0 Å². The van der Waals surface area contributed by atoms with Crippen LogP contribution < -0.4 is 5.32 Å². The fraction of sp³-hybridized carbons (Fsp3) is 0.800. The Kier molecular flexibility index (Phi) is 3.89. The van der Waals surface area contributed by atoms with Crippen molar-refractivity contribution in [2.75, 3.05) is 6.54 Å². The van der Waals surface area contributed by atoms with Gasteiger partial charge < -0.3 is 5.32 Å². The van der Waals surface area contributed by atoms with Gasteiger partial charge in [-0.3, -0.25) is 14.5 Å². The molecule has 2 fully saturated rings. The van der Waals surface area contributed by atoms with Gasteiger partial charge in [0, 0.05) is 5.41 Å². The van der Waals surface area contributed by atoms with E-state index in [0.717, 1.165) is 30.6 Å². The van der Waals surface area contributed by atoms with Gasteiger partial charge in [0.25, 0.3) is 5.91 Å². The lowest BCUT2D eigenvalue weighted by Gasteiger charge is -2.25. The third kappa shape index (κ3) is 2.72. The Balaban J connectivity index is 2.14. The molecule has 0 aromatic heterocycles. The molecule has 5 heteroatoms. The number of nitrogens with zero attached hydrogens (tertiary/aromatic N) is 1. The quantitative estimate of drug-likeness (QED) is 0.789. The first-order valence-corrected chi connectivity index (χ1v) is 7.44. The minimum absolute atomic E-state index is 0.0910. The predicted octanol–water partition coefficient (Wildman–Crippen LogP) is 2.25. The molecule has 112 valence electrons. The van der Waals surface area contributed by atoms with Gasteiger partial charge in [0.1, 0.15) is 5.54 Å². The van der Waals surface area contributed by atoms with E-state index < -0.39 is 17.0 Å². The highest BCUT2D eigenvalue weighted by molar-refractivity contribution is 6.09. The Morgan fingerprint density at radius 2 is 1.70 bits per heavy atom. The number of hydrogen-bond donors (Lipinski definition) is 1. The van der Waals surface area contributed by atoms with Crippen LogP contribution in [0.25, 0.3) is 0 Å². The minimum atomic E-state index is -0.744. The normalized spacial score (nSPS) is 22.9. The van der Waals surface area contributed by atoms with Gasteiger partial charge >= 0.3 is 6.03 Å². The van der Waals surface area contributed by atoms with E-state index in [4.69, 9.17) is 0 Å². The summed E-state index contributed by atoms with van der Waals surface area (Å²) in [5, 5.41) is 2.85. The second kappa shape index (κ2) is 5.19. The number of urea groups is 1. The van der Waals surface area contributed by atoms with Crippen LogP contribution in [-0.4, -0.2) is 34.7 Å². The van der Waals surface area contributed by atoms with E-state index in [1.54, 1.807) is 20.8 Å². The summed E-state index contributed by atoms with van der Waals surface area (Å²) in [5.74, 6) is -0.298. The number of Topliss-reactive ketones (excluding diaryl/α,β-unsaturated/α-hetero) is 1. The van der Waals surface area contributed by atoms with Crippen molar-refractivity contribution in [2.24, 2.45) is 5.41 Å². The summed E-state index contributed by atoms with van der Waals surface area (Å²) in [6.45, 7) is 5.29. The molecule has 1 N–H and O–H groups in total. The maximum atomic E-state index is 12.6. The van der Waals surface area contributed by atoms with Crippen LogP contribution in [0.3, 0.4) is 0 Å². The van der Waals surface area contributed by atoms with Gasteiger partial charge in [-0.25, -0.2) is 4.79 Å². The molecule has 0 bridgehead atoms. The van der Waals surface area contributed by atoms with Gasteiger partial charge in [-0.2, -0.15) is 0 Å². The summed E-state index contributed by atoms with van der Waals surface area (Å²) < 4.78 is 0. The summed E-state index contributed by atoms with van der Waals surface area (Å²) in [5.41, 5.74) is -1.29. The van der Waals surface area contributed by atoms with Crippen molar-refractivity contribution in [3.8, 4) is 0 Å². The smallest absolute Gasteiger partial charge is 0.323 e. The molecule has 1 saturated carbocycles. The second-order valence-corrected chi connectivity index (χ2v) is 6.99. The van der Waals surface area contributed by atoms with Crippen LogP contribution in [0.2, 0.25) is 0 Å². The fourth-order valence-corrected chi connectivity index (χ4v) is 2.87. The van der Waals surface area contributed by atoms with Crippen LogP contribution >= 0.6 is 0 Å². The van der Waals surface area contributed by atoms with Crippen LogP contribution in [-0.2, 0) is 9.59 Å². The maximum absolute atomic E-state index is 12.6. The lowest BCUT2D eigenvalue weighted by Crippen LogP contribution is -2.47. The van der Waals surface area contributed by atoms with Crippen molar-refractivity contribution in [1.29, 1.82) is 0 Å². The molecule has 1 aliphatic carbocycles. The molecule has 0 atom stereocenters.